The average Bonchev–Trinajstić information content (AvgIpc) is 3.04. The van der Waals surface area contributed by atoms with Crippen LogP contribution in [0, 0.1) is 11.8 Å². The lowest BCUT2D eigenvalue weighted by Crippen LogP contribution is -2.38. The van der Waals surface area contributed by atoms with Crippen LogP contribution in [0.4, 0.5) is 4.79 Å². The van der Waals surface area contributed by atoms with Crippen molar-refractivity contribution in [3.63, 3.8) is 0 Å². The van der Waals surface area contributed by atoms with Crippen LogP contribution >= 0.6 is 0 Å². The summed E-state index contributed by atoms with van der Waals surface area (Å²) in [6, 6.07) is 8.25. The van der Waals surface area contributed by atoms with E-state index in [1.54, 1.807) is 56.3 Å². The maximum Gasteiger partial charge on any atom is 0.405 e. The van der Waals surface area contributed by atoms with Gasteiger partial charge in [-0.15, -0.1) is 0 Å². The standard InChI is InChI=1S/C35H43N3O9/c1-19-15-24-29(38-34(43)23-12-8-7-9-13-23)26(39)18-25(31(24)41)37-33(42)20(2)11-10-14-27(45-5)32(47-35(36)44)22(4)17-21(3)30(40)28(16-19)46-6/h7-14,17-19,21,27-28,30,32,40H,15-16H2,1-6H3,(H2,36,44)(H,37,42)(H,38,43)/b14-10-,20-11-,22-17-/t19-,21+,27-,28-,30+,32-/m1/s1. The highest BCUT2D eigenvalue weighted by Crippen LogP contribution is 2.29. The Balaban J connectivity index is 2.09. The summed E-state index contributed by atoms with van der Waals surface area (Å²) in [7, 11) is 2.87. The highest BCUT2D eigenvalue weighted by molar-refractivity contribution is 6.24. The summed E-state index contributed by atoms with van der Waals surface area (Å²) in [5.74, 6) is -3.32. The molecule has 12 nitrogen and oxygen atoms in total. The molecule has 1 aliphatic carbocycles. The van der Waals surface area contributed by atoms with Gasteiger partial charge in [-0.05, 0) is 50.3 Å². The molecule has 0 saturated heterocycles. The first-order chi connectivity index (χ1) is 22.3. The van der Waals surface area contributed by atoms with Crippen molar-refractivity contribution in [1.29, 1.82) is 0 Å². The Kier molecular flexibility index (Phi) is 13.1. The Labute approximate surface area is 274 Å². The lowest BCUT2D eigenvalue weighted by Gasteiger charge is -2.30. The van der Waals surface area contributed by atoms with E-state index in [9.17, 15) is 29.1 Å². The first kappa shape index (κ1) is 36.8. The van der Waals surface area contributed by atoms with Crippen molar-refractivity contribution < 1.29 is 43.3 Å². The number of aliphatic hydroxyl groups is 1. The number of Topliss-reactive ketones (excluding diaryl/α,β-unsaturated/α-hetero) is 1. The third-order valence-electron chi connectivity index (χ3n) is 8.07. The SMILES string of the molecule is CO[C@@H]1/C=C\C=C(\C)C(=O)NC2=CC(=O)C(NC(=O)c3ccccc3)=C(C[C@@H](C)C[C@@H](OC)[C@@H](O)[C@@H](C)/C=C(/C)[C@H]1OC(N)=O)C2=O. The second-order valence-corrected chi connectivity index (χ2v) is 11.8. The van der Waals surface area contributed by atoms with E-state index in [4.69, 9.17) is 19.9 Å². The van der Waals surface area contributed by atoms with Gasteiger partial charge in [0.1, 0.15) is 6.10 Å². The van der Waals surface area contributed by atoms with E-state index < -0.39 is 59.8 Å². The number of allylic oxidation sites excluding steroid dienone is 4. The van der Waals surface area contributed by atoms with Crippen molar-refractivity contribution in [2.75, 3.05) is 14.2 Å². The molecule has 0 unspecified atom stereocenters. The number of aliphatic hydroxyl groups excluding tert-OH is 1. The number of hydrogen-bond acceptors (Lipinski definition) is 9. The zero-order chi connectivity index (χ0) is 34.8. The van der Waals surface area contributed by atoms with Crippen LogP contribution < -0.4 is 16.4 Å². The van der Waals surface area contributed by atoms with E-state index in [1.165, 1.54) is 33.3 Å². The lowest BCUT2D eigenvalue weighted by molar-refractivity contribution is -0.120. The van der Waals surface area contributed by atoms with Gasteiger partial charge in [0, 0.05) is 42.9 Å². The number of rotatable bonds is 5. The fraction of sp³-hybridized carbons (Fsp3) is 0.400. The zero-order valence-corrected chi connectivity index (χ0v) is 27.4. The number of primary amides is 1. The summed E-state index contributed by atoms with van der Waals surface area (Å²) >= 11 is 0. The van der Waals surface area contributed by atoms with Crippen LogP contribution in [0.3, 0.4) is 0 Å². The van der Waals surface area contributed by atoms with E-state index in [1.807, 2.05) is 6.92 Å². The van der Waals surface area contributed by atoms with Gasteiger partial charge in [0.05, 0.1) is 23.6 Å². The quantitative estimate of drug-likeness (QED) is 0.275. The Morgan fingerprint density at radius 1 is 1.04 bits per heavy atom. The summed E-state index contributed by atoms with van der Waals surface area (Å²) in [5.41, 5.74) is 5.99. The van der Waals surface area contributed by atoms with Gasteiger partial charge < -0.3 is 35.7 Å². The highest BCUT2D eigenvalue weighted by Gasteiger charge is 2.34. The van der Waals surface area contributed by atoms with Crippen molar-refractivity contribution in [3.8, 4) is 0 Å². The second-order valence-electron chi connectivity index (χ2n) is 11.8. The summed E-state index contributed by atoms with van der Waals surface area (Å²) in [6.07, 6.45) is 3.05. The summed E-state index contributed by atoms with van der Waals surface area (Å²) < 4.78 is 16.6. The Hall–Kier alpha value is -4.65. The molecule has 47 heavy (non-hydrogen) atoms. The number of ketones is 2. The number of hydrogen-bond donors (Lipinski definition) is 4. The van der Waals surface area contributed by atoms with Crippen molar-refractivity contribution >= 4 is 29.5 Å². The minimum Gasteiger partial charge on any atom is -0.439 e. The fourth-order valence-electron chi connectivity index (χ4n) is 5.50. The third-order valence-corrected chi connectivity index (χ3v) is 8.07. The second kappa shape index (κ2) is 16.8. The van der Waals surface area contributed by atoms with Gasteiger partial charge >= 0.3 is 6.09 Å². The van der Waals surface area contributed by atoms with Gasteiger partial charge in [-0.2, -0.15) is 0 Å². The molecule has 1 aliphatic heterocycles. The number of carbonyl (C=O) groups excluding carboxylic acids is 5. The van der Waals surface area contributed by atoms with Crippen molar-refractivity contribution in [2.45, 2.75) is 65.0 Å². The maximum atomic E-state index is 13.8. The number of ether oxygens (including phenoxy) is 3. The summed E-state index contributed by atoms with van der Waals surface area (Å²) in [4.78, 5) is 65.1. The fourth-order valence-corrected chi connectivity index (χ4v) is 5.50. The highest BCUT2D eigenvalue weighted by atomic mass is 16.6. The topological polar surface area (TPSA) is 183 Å². The van der Waals surface area contributed by atoms with Gasteiger partial charge in [-0.25, -0.2) is 4.79 Å². The first-order valence-corrected chi connectivity index (χ1v) is 15.2. The molecule has 5 N–H and O–H groups in total. The predicted molar refractivity (Wildman–Crippen MR) is 173 cm³/mol. The minimum absolute atomic E-state index is 0.0199. The smallest absolute Gasteiger partial charge is 0.405 e. The Morgan fingerprint density at radius 2 is 1.72 bits per heavy atom. The molecule has 0 saturated carbocycles. The van der Waals surface area contributed by atoms with Crippen molar-refractivity contribution in [3.05, 3.63) is 94.4 Å². The van der Waals surface area contributed by atoms with Gasteiger partial charge in [0.2, 0.25) is 11.6 Å². The molecule has 2 bridgehead atoms. The van der Waals surface area contributed by atoms with Gasteiger partial charge in [0.25, 0.3) is 11.8 Å². The molecule has 0 spiro atoms. The molecule has 2 aliphatic rings. The first-order valence-electron chi connectivity index (χ1n) is 15.2. The summed E-state index contributed by atoms with van der Waals surface area (Å²) in [5, 5.41) is 16.4. The Bertz CT molecular complexity index is 1520. The molecule has 6 atom stereocenters. The van der Waals surface area contributed by atoms with E-state index in [2.05, 4.69) is 10.6 Å². The third kappa shape index (κ3) is 9.67. The molecule has 3 rings (SSSR count). The number of carbonyl (C=O) groups is 5. The van der Waals surface area contributed by atoms with Gasteiger partial charge in [-0.1, -0.05) is 56.4 Å². The zero-order valence-electron chi connectivity index (χ0n) is 27.4. The number of nitrogens with one attached hydrogen (secondary N) is 2. The maximum absolute atomic E-state index is 13.8. The van der Waals surface area contributed by atoms with Crippen LogP contribution in [0.1, 0.15) is 50.9 Å². The minimum atomic E-state index is -1.03. The molecule has 1 heterocycles. The summed E-state index contributed by atoms with van der Waals surface area (Å²) in [6.45, 7) is 6.83. The van der Waals surface area contributed by atoms with Crippen LogP contribution in [0.5, 0.6) is 0 Å². The normalized spacial score (nSPS) is 29.4. The molecule has 0 radical (unpaired) electrons. The van der Waals surface area contributed by atoms with Crippen LogP contribution in [0.25, 0.3) is 0 Å². The van der Waals surface area contributed by atoms with Crippen LogP contribution in [-0.2, 0) is 28.6 Å². The molecular formula is C35H43N3O9. The predicted octanol–water partition coefficient (Wildman–Crippen LogP) is 3.19. The van der Waals surface area contributed by atoms with E-state index in [-0.39, 0.29) is 41.3 Å². The molecule has 1 aromatic carbocycles. The van der Waals surface area contributed by atoms with E-state index in [0.29, 0.717) is 11.1 Å². The lowest BCUT2D eigenvalue weighted by atomic mass is 9.85. The molecule has 0 fully saturated rings. The van der Waals surface area contributed by atoms with Gasteiger partial charge in [-0.3, -0.25) is 19.2 Å². The number of benzene rings is 1. The molecule has 0 aromatic heterocycles. The van der Waals surface area contributed by atoms with Crippen LogP contribution in [0.2, 0.25) is 0 Å². The number of amides is 3. The van der Waals surface area contributed by atoms with E-state index >= 15 is 0 Å². The van der Waals surface area contributed by atoms with Crippen LogP contribution in [0.15, 0.2) is 88.8 Å². The molecule has 12 heteroatoms. The molecule has 3 amide bonds. The van der Waals surface area contributed by atoms with Gasteiger partial charge in [0.15, 0.2) is 6.10 Å². The number of methoxy groups -OCH3 is 2. The molecule has 1 aromatic rings. The van der Waals surface area contributed by atoms with Crippen molar-refractivity contribution in [2.24, 2.45) is 17.6 Å². The van der Waals surface area contributed by atoms with Crippen molar-refractivity contribution in [1.82, 2.24) is 10.6 Å². The average molecular weight is 650 g/mol. The largest absolute Gasteiger partial charge is 0.439 e. The number of nitrogens with two attached hydrogens (primary N) is 1. The number of fused-ring (bicyclic) bond motifs is 2. The molecule has 252 valence electrons. The van der Waals surface area contributed by atoms with E-state index in [0.717, 1.165) is 6.08 Å². The molecular weight excluding hydrogens is 606 g/mol. The Morgan fingerprint density at radius 3 is 2.34 bits per heavy atom. The monoisotopic (exact) mass is 649 g/mol. The van der Waals surface area contributed by atoms with Crippen LogP contribution in [-0.4, -0.2) is 73.2 Å².